The average molecular weight is 386 g/mol. The van der Waals surface area contributed by atoms with Gasteiger partial charge in [0.1, 0.15) is 17.4 Å². The Hall–Kier alpha value is -2.07. The number of carbonyl (C=O) groups is 1. The van der Waals surface area contributed by atoms with Crippen molar-refractivity contribution >= 4 is 5.78 Å². The third-order valence-electron chi connectivity index (χ3n) is 5.68. The van der Waals surface area contributed by atoms with Gasteiger partial charge in [-0.15, -0.1) is 0 Å². The van der Waals surface area contributed by atoms with E-state index in [2.05, 4.69) is 0 Å². The van der Waals surface area contributed by atoms with E-state index < -0.39 is 12.0 Å². The lowest BCUT2D eigenvalue weighted by atomic mass is 9.76. The molecule has 0 N–H and O–H groups in total. The molecule has 3 rings (SSSR count). The summed E-state index contributed by atoms with van der Waals surface area (Å²) in [5, 5.41) is 0. The molecule has 1 fully saturated rings. The first-order valence-electron chi connectivity index (χ1n) is 10.2. The van der Waals surface area contributed by atoms with E-state index in [0.29, 0.717) is 30.6 Å². The number of ether oxygens (including phenoxy) is 1. The van der Waals surface area contributed by atoms with Crippen molar-refractivity contribution in [1.29, 1.82) is 0 Å². The molecule has 1 aliphatic carbocycles. The maximum absolute atomic E-state index is 14.5. The molecule has 2 nitrogen and oxygen atoms in total. The molecule has 150 valence electrons. The fraction of sp³-hybridized carbons (Fsp3) is 0.458. The molecule has 0 aliphatic heterocycles. The van der Waals surface area contributed by atoms with Crippen molar-refractivity contribution in [3.05, 3.63) is 71.3 Å². The summed E-state index contributed by atoms with van der Waals surface area (Å²) in [5.74, 6) is -1.22. The summed E-state index contributed by atoms with van der Waals surface area (Å²) in [6.07, 6.45) is 4.09. The van der Waals surface area contributed by atoms with Gasteiger partial charge in [-0.3, -0.25) is 4.79 Å². The predicted octanol–water partition coefficient (Wildman–Crippen LogP) is 6.05. The van der Waals surface area contributed by atoms with E-state index in [0.717, 1.165) is 25.7 Å². The van der Waals surface area contributed by atoms with Crippen LogP contribution in [-0.4, -0.2) is 12.4 Å². The molecule has 3 unspecified atom stereocenters. The van der Waals surface area contributed by atoms with Crippen LogP contribution in [0, 0.1) is 23.5 Å². The van der Waals surface area contributed by atoms with Crippen molar-refractivity contribution in [2.75, 3.05) is 6.61 Å². The molecular formula is C24H28F2O2. The van der Waals surface area contributed by atoms with Gasteiger partial charge in [0.05, 0.1) is 6.10 Å². The van der Waals surface area contributed by atoms with Crippen LogP contribution < -0.4 is 0 Å². The molecule has 3 atom stereocenters. The monoisotopic (exact) mass is 386 g/mol. The van der Waals surface area contributed by atoms with Gasteiger partial charge in [-0.1, -0.05) is 55.7 Å². The minimum absolute atomic E-state index is 0.0738. The highest BCUT2D eigenvalue weighted by molar-refractivity contribution is 5.84. The van der Waals surface area contributed by atoms with Crippen molar-refractivity contribution in [3.63, 3.8) is 0 Å². The van der Waals surface area contributed by atoms with Crippen LogP contribution in [0.1, 0.15) is 56.3 Å². The molecule has 1 aliphatic rings. The second-order valence-corrected chi connectivity index (χ2v) is 7.54. The Kier molecular flexibility index (Phi) is 7.32. The molecule has 0 radical (unpaired) electrons. The molecule has 0 spiro atoms. The van der Waals surface area contributed by atoms with Gasteiger partial charge in [0.15, 0.2) is 0 Å². The predicted molar refractivity (Wildman–Crippen MR) is 106 cm³/mol. The zero-order valence-corrected chi connectivity index (χ0v) is 16.4. The third kappa shape index (κ3) is 4.85. The highest BCUT2D eigenvalue weighted by atomic mass is 19.1. The normalized spacial score (nSPS) is 21.8. The Morgan fingerprint density at radius 2 is 1.64 bits per heavy atom. The van der Waals surface area contributed by atoms with Crippen molar-refractivity contribution in [2.24, 2.45) is 11.8 Å². The molecule has 2 aromatic carbocycles. The van der Waals surface area contributed by atoms with Crippen LogP contribution in [0.4, 0.5) is 8.78 Å². The zero-order valence-electron chi connectivity index (χ0n) is 16.4. The zero-order chi connectivity index (χ0) is 19.9. The lowest BCUT2D eigenvalue weighted by Crippen LogP contribution is -2.33. The van der Waals surface area contributed by atoms with Crippen LogP contribution in [0.2, 0.25) is 0 Å². The lowest BCUT2D eigenvalue weighted by Gasteiger charge is -2.31. The van der Waals surface area contributed by atoms with Gasteiger partial charge in [-0.05, 0) is 43.9 Å². The Morgan fingerprint density at radius 1 is 0.964 bits per heavy atom. The van der Waals surface area contributed by atoms with Gasteiger partial charge in [-0.25, -0.2) is 8.78 Å². The molecular weight excluding hydrogens is 358 g/mol. The summed E-state index contributed by atoms with van der Waals surface area (Å²) in [6, 6.07) is 13.2. The number of hydrogen-bond acceptors (Lipinski definition) is 2. The summed E-state index contributed by atoms with van der Waals surface area (Å²) in [7, 11) is 0. The fourth-order valence-corrected chi connectivity index (χ4v) is 4.26. The standard InChI is InChI=1S/C24H28F2O2/c1-2-28-24(19-12-7-9-15-22(19)26)20-13-5-3-4-11-18(23(20)27)16-17-10-6-8-14-21(17)25/h6-10,12,14-15,18,20,24H,2-5,11,13,16H2,1H3. The minimum Gasteiger partial charge on any atom is -0.373 e. The fourth-order valence-electron chi connectivity index (χ4n) is 4.26. The van der Waals surface area contributed by atoms with E-state index in [4.69, 9.17) is 4.74 Å². The Balaban J connectivity index is 1.89. The molecule has 2 aromatic rings. The topological polar surface area (TPSA) is 26.3 Å². The van der Waals surface area contributed by atoms with Crippen LogP contribution in [-0.2, 0) is 16.0 Å². The van der Waals surface area contributed by atoms with Gasteiger partial charge >= 0.3 is 0 Å². The summed E-state index contributed by atoms with van der Waals surface area (Å²) in [5.41, 5.74) is 1.01. The Labute approximate surface area is 165 Å². The van der Waals surface area contributed by atoms with Crippen molar-refractivity contribution in [2.45, 2.75) is 51.6 Å². The number of hydrogen-bond donors (Lipinski definition) is 0. The van der Waals surface area contributed by atoms with Gasteiger partial charge in [0, 0.05) is 24.0 Å². The molecule has 0 saturated heterocycles. The quantitative estimate of drug-likeness (QED) is 0.604. The van der Waals surface area contributed by atoms with Crippen LogP contribution in [0.25, 0.3) is 0 Å². The molecule has 0 amide bonds. The van der Waals surface area contributed by atoms with E-state index in [1.165, 1.54) is 12.1 Å². The molecule has 0 aromatic heterocycles. The second kappa shape index (κ2) is 9.92. The average Bonchev–Trinajstić information content (AvgIpc) is 2.69. The van der Waals surface area contributed by atoms with Gasteiger partial charge < -0.3 is 4.74 Å². The SMILES string of the molecule is CCOC(c1ccccc1F)C1CCCCCC(Cc2ccccc2F)C1=O. The maximum atomic E-state index is 14.5. The minimum atomic E-state index is -0.597. The number of benzene rings is 2. The van der Waals surface area contributed by atoms with Crippen molar-refractivity contribution < 1.29 is 18.3 Å². The number of halogens is 2. The van der Waals surface area contributed by atoms with Gasteiger partial charge in [0.2, 0.25) is 0 Å². The molecule has 0 heterocycles. The van der Waals surface area contributed by atoms with Crippen molar-refractivity contribution in [3.8, 4) is 0 Å². The van der Waals surface area contributed by atoms with Crippen LogP contribution >= 0.6 is 0 Å². The highest BCUT2D eigenvalue weighted by Gasteiger charge is 2.36. The van der Waals surface area contributed by atoms with E-state index in [1.807, 2.05) is 6.92 Å². The summed E-state index contributed by atoms with van der Waals surface area (Å²) >= 11 is 0. The first kappa shape index (κ1) is 20.7. The number of rotatable bonds is 6. The van der Waals surface area contributed by atoms with E-state index >= 15 is 0 Å². The Bertz CT molecular complexity index is 790. The second-order valence-electron chi connectivity index (χ2n) is 7.54. The highest BCUT2D eigenvalue weighted by Crippen LogP contribution is 2.37. The smallest absolute Gasteiger partial charge is 0.142 e. The lowest BCUT2D eigenvalue weighted by molar-refractivity contribution is -0.133. The van der Waals surface area contributed by atoms with E-state index in [1.54, 1.807) is 36.4 Å². The number of carbonyl (C=O) groups excluding carboxylic acids is 1. The van der Waals surface area contributed by atoms with Crippen molar-refractivity contribution in [1.82, 2.24) is 0 Å². The summed E-state index contributed by atoms with van der Waals surface area (Å²) in [6.45, 7) is 2.26. The van der Waals surface area contributed by atoms with Crippen LogP contribution in [0.3, 0.4) is 0 Å². The first-order chi connectivity index (χ1) is 13.6. The van der Waals surface area contributed by atoms with Crippen LogP contribution in [0.15, 0.2) is 48.5 Å². The molecule has 0 bridgehead atoms. The first-order valence-corrected chi connectivity index (χ1v) is 10.2. The van der Waals surface area contributed by atoms with E-state index in [-0.39, 0.29) is 23.3 Å². The molecule has 4 heteroatoms. The summed E-state index contributed by atoms with van der Waals surface area (Å²) in [4.78, 5) is 13.5. The third-order valence-corrected chi connectivity index (χ3v) is 5.68. The van der Waals surface area contributed by atoms with Gasteiger partial charge in [0.25, 0.3) is 0 Å². The molecule has 1 saturated carbocycles. The number of ketones is 1. The molecule has 28 heavy (non-hydrogen) atoms. The summed E-state index contributed by atoms with van der Waals surface area (Å²) < 4.78 is 34.5. The Morgan fingerprint density at radius 3 is 2.36 bits per heavy atom. The van der Waals surface area contributed by atoms with Gasteiger partial charge in [-0.2, -0.15) is 0 Å². The maximum Gasteiger partial charge on any atom is 0.142 e. The van der Waals surface area contributed by atoms with E-state index in [9.17, 15) is 13.6 Å². The largest absolute Gasteiger partial charge is 0.373 e. The number of Topliss-reactive ketones (excluding diaryl/α,β-unsaturated/α-hetero) is 1. The van der Waals surface area contributed by atoms with Crippen LogP contribution in [0.5, 0.6) is 0 Å².